The lowest BCUT2D eigenvalue weighted by Crippen LogP contribution is -2.24. The second-order valence-corrected chi connectivity index (χ2v) is 2.50. The Kier molecular flexibility index (Phi) is 3.40. The molecule has 1 N–H and O–H groups in total. The largest absolute Gasteiger partial charge is 0.276 e. The number of carbonyl (C=O) groups is 1. The molecule has 4 nitrogen and oxygen atoms in total. The van der Waals surface area contributed by atoms with E-state index in [-0.39, 0.29) is 5.91 Å². The summed E-state index contributed by atoms with van der Waals surface area (Å²) in [5, 5.41) is 0. The van der Waals surface area contributed by atoms with Crippen molar-refractivity contribution in [2.45, 2.75) is 13.8 Å². The number of nitrogens with zero attached hydrogens (tertiary/aromatic N) is 1. The Bertz CT molecular complexity index is 299. The number of rotatable bonds is 3. The molecule has 0 fully saturated rings. The quantitative estimate of drug-likeness (QED) is 0.708. The molecule has 0 radical (unpaired) electrons. The molecule has 13 heavy (non-hydrogen) atoms. The van der Waals surface area contributed by atoms with E-state index in [4.69, 9.17) is 4.84 Å². The summed E-state index contributed by atoms with van der Waals surface area (Å²) in [6.45, 7) is 4.03. The summed E-state index contributed by atoms with van der Waals surface area (Å²) in [4.78, 5) is 20.1. The lowest BCUT2D eigenvalue weighted by molar-refractivity contribution is 0.0363. The van der Waals surface area contributed by atoms with Crippen LogP contribution in [0.1, 0.15) is 23.0 Å². The second-order valence-electron chi connectivity index (χ2n) is 2.50. The monoisotopic (exact) mass is 180 g/mol. The van der Waals surface area contributed by atoms with E-state index < -0.39 is 0 Å². The zero-order chi connectivity index (χ0) is 9.68. The van der Waals surface area contributed by atoms with Crippen LogP contribution in [0.3, 0.4) is 0 Å². The number of nitrogens with one attached hydrogen (secondary N) is 1. The van der Waals surface area contributed by atoms with Gasteiger partial charge in [-0.05, 0) is 26.0 Å². The summed E-state index contributed by atoms with van der Waals surface area (Å²) < 4.78 is 0. The van der Waals surface area contributed by atoms with Crippen molar-refractivity contribution in [1.29, 1.82) is 0 Å². The maximum absolute atomic E-state index is 11.3. The van der Waals surface area contributed by atoms with Gasteiger partial charge in [-0.25, -0.2) is 5.48 Å². The maximum atomic E-state index is 11.3. The number of aromatic nitrogens is 1. The van der Waals surface area contributed by atoms with Crippen molar-refractivity contribution in [3.05, 3.63) is 29.6 Å². The molecule has 0 aliphatic rings. The number of hydroxylamine groups is 1. The highest BCUT2D eigenvalue weighted by Crippen LogP contribution is 2.02. The number of carbonyl (C=O) groups excluding carboxylic acids is 1. The van der Waals surface area contributed by atoms with Crippen LogP contribution in [-0.2, 0) is 4.84 Å². The van der Waals surface area contributed by atoms with Gasteiger partial charge in [0.15, 0.2) is 0 Å². The molecule has 1 rings (SSSR count). The number of pyridine rings is 1. The van der Waals surface area contributed by atoms with Crippen LogP contribution < -0.4 is 5.48 Å². The number of hydrogen-bond donors (Lipinski definition) is 1. The van der Waals surface area contributed by atoms with Gasteiger partial charge in [-0.15, -0.1) is 0 Å². The van der Waals surface area contributed by atoms with Crippen LogP contribution in [0.5, 0.6) is 0 Å². The average molecular weight is 180 g/mol. The molecule has 0 saturated carbocycles. The normalized spacial score (nSPS) is 9.69. The predicted molar refractivity (Wildman–Crippen MR) is 48.1 cm³/mol. The van der Waals surface area contributed by atoms with Gasteiger partial charge >= 0.3 is 0 Å². The van der Waals surface area contributed by atoms with E-state index >= 15 is 0 Å². The van der Waals surface area contributed by atoms with E-state index in [0.29, 0.717) is 17.9 Å². The van der Waals surface area contributed by atoms with E-state index in [9.17, 15) is 4.79 Å². The molecule has 1 aromatic rings. The molecule has 70 valence electrons. The van der Waals surface area contributed by atoms with Crippen LogP contribution >= 0.6 is 0 Å². The molecule has 0 aliphatic heterocycles. The highest BCUT2D eigenvalue weighted by Gasteiger charge is 2.07. The van der Waals surface area contributed by atoms with E-state index in [2.05, 4.69) is 10.5 Å². The summed E-state index contributed by atoms with van der Waals surface area (Å²) in [7, 11) is 0. The van der Waals surface area contributed by atoms with Crippen molar-refractivity contribution in [2.75, 3.05) is 6.61 Å². The lowest BCUT2D eigenvalue weighted by atomic mass is 10.2. The van der Waals surface area contributed by atoms with Crippen LogP contribution in [-0.4, -0.2) is 17.5 Å². The molecule has 4 heteroatoms. The first-order valence-electron chi connectivity index (χ1n) is 4.09. The van der Waals surface area contributed by atoms with Crippen molar-refractivity contribution in [1.82, 2.24) is 10.5 Å². The molecule has 0 spiro atoms. The van der Waals surface area contributed by atoms with Crippen molar-refractivity contribution in [3.63, 3.8) is 0 Å². The first kappa shape index (κ1) is 9.67. The molecule has 1 amide bonds. The van der Waals surface area contributed by atoms with Gasteiger partial charge in [-0.1, -0.05) is 0 Å². The van der Waals surface area contributed by atoms with Gasteiger partial charge in [-0.3, -0.25) is 14.6 Å². The first-order valence-corrected chi connectivity index (χ1v) is 4.09. The minimum absolute atomic E-state index is 0.257. The Morgan fingerprint density at radius 2 is 2.46 bits per heavy atom. The van der Waals surface area contributed by atoms with E-state index in [1.165, 1.54) is 0 Å². The van der Waals surface area contributed by atoms with Gasteiger partial charge in [0.25, 0.3) is 5.91 Å². The van der Waals surface area contributed by atoms with Crippen molar-refractivity contribution >= 4 is 5.91 Å². The number of hydrogen-bond acceptors (Lipinski definition) is 3. The third-order valence-electron chi connectivity index (χ3n) is 1.56. The van der Waals surface area contributed by atoms with Gasteiger partial charge in [-0.2, -0.15) is 0 Å². The smallest absolute Gasteiger partial charge is 0.274 e. The Hall–Kier alpha value is -1.42. The Balaban J connectivity index is 2.71. The molecule has 1 aromatic heterocycles. The zero-order valence-corrected chi connectivity index (χ0v) is 7.70. The average Bonchev–Trinajstić information content (AvgIpc) is 2.15. The number of aryl methyl sites for hydroxylation is 1. The number of amides is 1. The molecule has 0 bridgehead atoms. The van der Waals surface area contributed by atoms with Crippen LogP contribution in [0, 0.1) is 6.92 Å². The topological polar surface area (TPSA) is 51.2 Å². The Morgan fingerprint density at radius 1 is 1.69 bits per heavy atom. The van der Waals surface area contributed by atoms with Crippen molar-refractivity contribution < 1.29 is 9.63 Å². The maximum Gasteiger partial charge on any atom is 0.276 e. The van der Waals surface area contributed by atoms with E-state index in [0.717, 1.165) is 0 Å². The lowest BCUT2D eigenvalue weighted by Gasteiger charge is -2.04. The first-order chi connectivity index (χ1) is 6.25. The minimum atomic E-state index is -0.257. The molecule has 0 atom stereocenters. The van der Waals surface area contributed by atoms with Crippen LogP contribution in [0.2, 0.25) is 0 Å². The third-order valence-corrected chi connectivity index (χ3v) is 1.56. The van der Waals surface area contributed by atoms with Crippen molar-refractivity contribution in [3.8, 4) is 0 Å². The fourth-order valence-corrected chi connectivity index (χ4v) is 0.917. The minimum Gasteiger partial charge on any atom is -0.274 e. The Labute approximate surface area is 76.9 Å². The van der Waals surface area contributed by atoms with Gasteiger partial charge in [0, 0.05) is 6.20 Å². The van der Waals surface area contributed by atoms with Crippen LogP contribution in [0.25, 0.3) is 0 Å². The van der Waals surface area contributed by atoms with E-state index in [1.54, 1.807) is 32.2 Å². The molecular formula is C9H12N2O2. The fraction of sp³-hybridized carbons (Fsp3) is 0.333. The highest BCUT2D eigenvalue weighted by molar-refractivity contribution is 5.94. The Morgan fingerprint density at radius 3 is 3.08 bits per heavy atom. The van der Waals surface area contributed by atoms with Crippen LogP contribution in [0.4, 0.5) is 0 Å². The third kappa shape index (κ3) is 2.52. The van der Waals surface area contributed by atoms with Gasteiger partial charge < -0.3 is 0 Å². The molecule has 0 aromatic carbocycles. The predicted octanol–water partition coefficient (Wildman–Crippen LogP) is 1.07. The molecular weight excluding hydrogens is 168 g/mol. The van der Waals surface area contributed by atoms with E-state index in [1.807, 2.05) is 0 Å². The summed E-state index contributed by atoms with van der Waals surface area (Å²) in [5.41, 5.74) is 3.54. The fourth-order valence-electron chi connectivity index (χ4n) is 0.917. The zero-order valence-electron chi connectivity index (χ0n) is 7.70. The highest BCUT2D eigenvalue weighted by atomic mass is 16.6. The summed E-state index contributed by atoms with van der Waals surface area (Å²) in [5.74, 6) is -0.257. The second kappa shape index (κ2) is 4.57. The molecule has 0 unspecified atom stereocenters. The van der Waals surface area contributed by atoms with Crippen molar-refractivity contribution in [2.24, 2.45) is 0 Å². The summed E-state index contributed by atoms with van der Waals surface area (Å²) in [6.07, 6.45) is 1.65. The van der Waals surface area contributed by atoms with Gasteiger partial charge in [0.05, 0.1) is 17.9 Å². The van der Waals surface area contributed by atoms with Gasteiger partial charge in [0.2, 0.25) is 0 Å². The molecule has 0 aliphatic carbocycles. The molecule has 1 heterocycles. The SMILES string of the molecule is CCONC(=O)c1cccnc1C. The van der Waals surface area contributed by atoms with Gasteiger partial charge in [0.1, 0.15) is 0 Å². The summed E-state index contributed by atoms with van der Waals surface area (Å²) in [6, 6.07) is 3.42. The molecule has 0 saturated heterocycles. The van der Waals surface area contributed by atoms with Crippen LogP contribution in [0.15, 0.2) is 18.3 Å². The summed E-state index contributed by atoms with van der Waals surface area (Å²) >= 11 is 0. The standard InChI is InChI=1S/C9H12N2O2/c1-3-13-11-9(12)8-5-4-6-10-7(8)2/h4-6H,3H2,1-2H3,(H,11,12).